The molecule has 0 saturated heterocycles. The number of rotatable bonds is 12. The topological polar surface area (TPSA) is 64.6 Å². The first kappa shape index (κ1) is 28.5. The number of ether oxygens (including phenoxy) is 2. The molecule has 0 amide bonds. The molecule has 210 valence electrons. The second kappa shape index (κ2) is 14.1. The van der Waals surface area contributed by atoms with Crippen LogP contribution < -0.4 is 5.32 Å². The monoisotopic (exact) mass is 555 g/mol. The van der Waals surface area contributed by atoms with Gasteiger partial charge in [0.15, 0.2) is 0 Å². The Balaban J connectivity index is 1.52. The summed E-state index contributed by atoms with van der Waals surface area (Å²) in [5, 5.41) is 3.61. The third-order valence-electron chi connectivity index (χ3n) is 7.13. The summed E-state index contributed by atoms with van der Waals surface area (Å²) in [6, 6.07) is 47.7. The van der Waals surface area contributed by atoms with E-state index in [9.17, 15) is 9.59 Å². The van der Waals surface area contributed by atoms with Gasteiger partial charge in [-0.15, -0.1) is 0 Å². The summed E-state index contributed by atoms with van der Waals surface area (Å²) in [7, 11) is 0. The molecule has 0 heterocycles. The fraction of sp³-hybridized carbons (Fsp3) is 0.135. The van der Waals surface area contributed by atoms with Crippen LogP contribution in [0.5, 0.6) is 0 Å². The molecule has 0 radical (unpaired) electrons. The van der Waals surface area contributed by atoms with Crippen molar-refractivity contribution in [3.63, 3.8) is 0 Å². The quantitative estimate of drug-likeness (QED) is 0.135. The van der Waals surface area contributed by atoms with Crippen LogP contribution in [-0.2, 0) is 37.8 Å². The zero-order valence-corrected chi connectivity index (χ0v) is 23.3. The van der Waals surface area contributed by atoms with E-state index in [2.05, 4.69) is 5.32 Å². The van der Waals surface area contributed by atoms with Gasteiger partial charge in [-0.3, -0.25) is 14.9 Å². The molecule has 5 rings (SSSR count). The van der Waals surface area contributed by atoms with Crippen LogP contribution in [-0.4, -0.2) is 18.0 Å². The average molecular weight is 556 g/mol. The fourth-order valence-corrected chi connectivity index (χ4v) is 5.06. The highest BCUT2D eigenvalue weighted by molar-refractivity contribution is 5.83. The van der Waals surface area contributed by atoms with E-state index in [0.29, 0.717) is 0 Å². The minimum atomic E-state index is -1.02. The van der Waals surface area contributed by atoms with E-state index in [4.69, 9.17) is 9.47 Å². The standard InChI is InChI=1S/C37H33NO4/c39-35(41-27-29-16-6-1-7-17-29)26-34(36(40)42-28-30-18-8-2-9-19-30)38-37(31-20-10-3-11-21-31,32-22-12-4-13-23-32)33-24-14-5-15-25-33/h1-25,34,38H,26-28H2/t34-/m0/s1. The highest BCUT2D eigenvalue weighted by atomic mass is 16.5. The molecule has 5 nitrogen and oxygen atoms in total. The van der Waals surface area contributed by atoms with E-state index in [1.165, 1.54) is 0 Å². The van der Waals surface area contributed by atoms with E-state index in [0.717, 1.165) is 27.8 Å². The SMILES string of the molecule is O=C(C[C@H](NC(c1ccccc1)(c1ccccc1)c1ccccc1)C(=O)OCc1ccccc1)OCc1ccccc1. The smallest absolute Gasteiger partial charge is 0.324 e. The summed E-state index contributed by atoms with van der Waals surface area (Å²) in [6.07, 6.45) is -0.214. The van der Waals surface area contributed by atoms with Gasteiger partial charge in [0, 0.05) is 0 Å². The summed E-state index contributed by atoms with van der Waals surface area (Å²) in [5.74, 6) is -1.04. The van der Waals surface area contributed by atoms with Gasteiger partial charge < -0.3 is 9.47 Å². The highest BCUT2D eigenvalue weighted by Crippen LogP contribution is 2.37. The van der Waals surface area contributed by atoms with Gasteiger partial charge in [-0.05, 0) is 27.8 Å². The van der Waals surface area contributed by atoms with Gasteiger partial charge in [-0.2, -0.15) is 0 Å². The Morgan fingerprint density at radius 1 is 0.524 bits per heavy atom. The van der Waals surface area contributed by atoms with Crippen molar-refractivity contribution in [1.29, 1.82) is 0 Å². The van der Waals surface area contributed by atoms with Crippen LogP contribution in [0.4, 0.5) is 0 Å². The normalized spacial score (nSPS) is 11.8. The first-order chi connectivity index (χ1) is 20.6. The van der Waals surface area contributed by atoms with Gasteiger partial charge in [-0.1, -0.05) is 152 Å². The Morgan fingerprint density at radius 2 is 0.881 bits per heavy atom. The number of esters is 2. The molecule has 1 N–H and O–H groups in total. The van der Waals surface area contributed by atoms with Gasteiger partial charge in [-0.25, -0.2) is 0 Å². The average Bonchev–Trinajstić information content (AvgIpc) is 3.07. The van der Waals surface area contributed by atoms with Crippen molar-refractivity contribution < 1.29 is 19.1 Å². The van der Waals surface area contributed by atoms with Crippen molar-refractivity contribution in [2.75, 3.05) is 0 Å². The van der Waals surface area contributed by atoms with Gasteiger partial charge in [0.05, 0.1) is 12.0 Å². The van der Waals surface area contributed by atoms with E-state index >= 15 is 0 Å². The lowest BCUT2D eigenvalue weighted by Crippen LogP contribution is -2.53. The van der Waals surface area contributed by atoms with E-state index in [1.807, 2.05) is 152 Å². The molecule has 0 aliphatic carbocycles. The number of carbonyl (C=O) groups excluding carboxylic acids is 2. The predicted octanol–water partition coefficient (Wildman–Crippen LogP) is 6.81. The molecule has 0 spiro atoms. The Morgan fingerprint density at radius 3 is 1.29 bits per heavy atom. The molecule has 0 saturated carbocycles. The zero-order valence-electron chi connectivity index (χ0n) is 23.3. The maximum absolute atomic E-state index is 13.8. The lowest BCUT2D eigenvalue weighted by Gasteiger charge is -2.39. The summed E-state index contributed by atoms with van der Waals surface area (Å²) in [6.45, 7) is 0.207. The largest absolute Gasteiger partial charge is 0.461 e. The molecule has 0 aromatic heterocycles. The lowest BCUT2D eigenvalue weighted by atomic mass is 9.76. The minimum absolute atomic E-state index is 0.0892. The predicted molar refractivity (Wildman–Crippen MR) is 163 cm³/mol. The number of hydrogen-bond donors (Lipinski definition) is 1. The Bertz CT molecular complexity index is 1450. The van der Waals surface area contributed by atoms with Crippen LogP contribution in [0.3, 0.4) is 0 Å². The molecule has 0 fully saturated rings. The Labute approximate surface area is 246 Å². The maximum Gasteiger partial charge on any atom is 0.324 e. The summed E-state index contributed by atoms with van der Waals surface area (Å²) < 4.78 is 11.4. The molecule has 0 aliphatic rings. The van der Waals surface area contributed by atoms with E-state index in [1.54, 1.807) is 0 Å². The van der Waals surface area contributed by atoms with Crippen molar-refractivity contribution in [2.24, 2.45) is 0 Å². The van der Waals surface area contributed by atoms with Crippen molar-refractivity contribution in [3.05, 3.63) is 179 Å². The molecule has 0 unspecified atom stereocenters. The van der Waals surface area contributed by atoms with Crippen molar-refractivity contribution in [1.82, 2.24) is 5.32 Å². The molecule has 1 atom stereocenters. The number of carbonyl (C=O) groups is 2. The third-order valence-corrected chi connectivity index (χ3v) is 7.13. The van der Waals surface area contributed by atoms with E-state index < -0.39 is 23.5 Å². The molecule has 42 heavy (non-hydrogen) atoms. The van der Waals surface area contributed by atoms with Crippen molar-refractivity contribution in [3.8, 4) is 0 Å². The van der Waals surface area contributed by atoms with E-state index in [-0.39, 0.29) is 19.6 Å². The molecule has 5 aromatic carbocycles. The first-order valence-electron chi connectivity index (χ1n) is 14.0. The van der Waals surface area contributed by atoms with Crippen LogP contribution in [0, 0.1) is 0 Å². The number of nitrogens with one attached hydrogen (secondary N) is 1. The van der Waals surface area contributed by atoms with Crippen LogP contribution in [0.15, 0.2) is 152 Å². The van der Waals surface area contributed by atoms with Crippen molar-refractivity contribution >= 4 is 11.9 Å². The number of hydrogen-bond acceptors (Lipinski definition) is 5. The molecule has 0 bridgehead atoms. The lowest BCUT2D eigenvalue weighted by molar-refractivity contribution is -0.154. The minimum Gasteiger partial charge on any atom is -0.461 e. The second-order valence-electron chi connectivity index (χ2n) is 9.99. The van der Waals surface area contributed by atoms with Crippen LogP contribution >= 0.6 is 0 Å². The maximum atomic E-state index is 13.8. The third kappa shape index (κ3) is 7.00. The second-order valence-corrected chi connectivity index (χ2v) is 9.99. The molecular formula is C37H33NO4. The van der Waals surface area contributed by atoms with Crippen molar-refractivity contribution in [2.45, 2.75) is 31.2 Å². The van der Waals surface area contributed by atoms with Crippen LogP contribution in [0.1, 0.15) is 34.2 Å². The summed E-state index contributed by atoms with van der Waals surface area (Å²) >= 11 is 0. The highest BCUT2D eigenvalue weighted by Gasteiger charge is 2.41. The Hall–Kier alpha value is -5.00. The van der Waals surface area contributed by atoms with Gasteiger partial charge >= 0.3 is 11.9 Å². The zero-order chi connectivity index (χ0) is 29.0. The summed E-state index contributed by atoms with van der Waals surface area (Å²) in [5.41, 5.74) is 3.51. The molecule has 0 aliphatic heterocycles. The molecular weight excluding hydrogens is 522 g/mol. The summed E-state index contributed by atoms with van der Waals surface area (Å²) in [4.78, 5) is 27.0. The van der Waals surface area contributed by atoms with Gasteiger partial charge in [0.25, 0.3) is 0 Å². The van der Waals surface area contributed by atoms with Gasteiger partial charge in [0.1, 0.15) is 19.3 Å². The Kier molecular flexibility index (Phi) is 9.55. The van der Waals surface area contributed by atoms with Crippen LogP contribution in [0.2, 0.25) is 0 Å². The van der Waals surface area contributed by atoms with Gasteiger partial charge in [0.2, 0.25) is 0 Å². The molecule has 5 aromatic rings. The first-order valence-corrected chi connectivity index (χ1v) is 14.0. The van der Waals surface area contributed by atoms with Crippen LogP contribution in [0.25, 0.3) is 0 Å². The number of benzene rings is 5. The fourth-order valence-electron chi connectivity index (χ4n) is 5.06. The molecule has 5 heteroatoms.